The molecule has 146 valence electrons. The van der Waals surface area contributed by atoms with Crippen LogP contribution in [0.25, 0.3) is 0 Å². The molecule has 0 N–H and O–H groups in total. The van der Waals surface area contributed by atoms with Gasteiger partial charge in [-0.15, -0.1) is 0 Å². The van der Waals surface area contributed by atoms with Crippen LogP contribution in [0.2, 0.25) is 0 Å². The van der Waals surface area contributed by atoms with E-state index in [1.165, 1.54) is 11.3 Å². The summed E-state index contributed by atoms with van der Waals surface area (Å²) in [6.07, 6.45) is 6.89. The Morgan fingerprint density at radius 2 is 1.89 bits per heavy atom. The van der Waals surface area contributed by atoms with E-state index < -0.39 is 5.54 Å². The molecule has 2 aromatic rings. The molecule has 0 spiro atoms. The van der Waals surface area contributed by atoms with Gasteiger partial charge in [0.15, 0.2) is 0 Å². The Hall–Kier alpha value is -2.58. The summed E-state index contributed by atoms with van der Waals surface area (Å²) in [5.74, 6) is 0.0457. The maximum Gasteiger partial charge on any atom is 0.237 e. The monoisotopic (exact) mass is 376 g/mol. The van der Waals surface area contributed by atoms with Crippen molar-refractivity contribution in [2.24, 2.45) is 0 Å². The normalized spacial score (nSPS) is 21.5. The summed E-state index contributed by atoms with van der Waals surface area (Å²) >= 11 is 0. The highest BCUT2D eigenvalue weighted by Gasteiger charge is 2.40. The minimum atomic E-state index is -0.631. The molecule has 1 aromatic heterocycles. The number of hydrogen-bond donors (Lipinski definition) is 0. The predicted octanol–water partition coefficient (Wildman–Crippen LogP) is 3.58. The lowest BCUT2D eigenvalue weighted by Crippen LogP contribution is -2.53. The molecule has 2 aliphatic rings. The highest BCUT2D eigenvalue weighted by Crippen LogP contribution is 2.35. The second-order valence-corrected chi connectivity index (χ2v) is 8.07. The van der Waals surface area contributed by atoms with Gasteiger partial charge in [-0.1, -0.05) is 49.6 Å². The van der Waals surface area contributed by atoms with Gasteiger partial charge in [-0.2, -0.15) is 5.26 Å². The summed E-state index contributed by atoms with van der Waals surface area (Å²) in [6, 6.07) is 17.1. The molecular weight excluding hydrogens is 348 g/mol. The van der Waals surface area contributed by atoms with Gasteiger partial charge >= 0.3 is 0 Å². The minimum Gasteiger partial charge on any atom is -0.348 e. The molecule has 1 aromatic carbocycles. The van der Waals surface area contributed by atoms with E-state index >= 15 is 0 Å². The number of likely N-dealkylation sites (N-methyl/N-ethyl adjacent to an activating group) is 1. The van der Waals surface area contributed by atoms with Crippen LogP contribution in [0.1, 0.15) is 49.4 Å². The van der Waals surface area contributed by atoms with Gasteiger partial charge < -0.3 is 9.47 Å². The molecule has 1 aliphatic heterocycles. The van der Waals surface area contributed by atoms with E-state index in [1.54, 1.807) is 4.90 Å². The highest BCUT2D eigenvalue weighted by atomic mass is 16.2. The number of benzene rings is 1. The summed E-state index contributed by atoms with van der Waals surface area (Å²) in [4.78, 5) is 17.2. The second kappa shape index (κ2) is 7.81. The van der Waals surface area contributed by atoms with E-state index in [-0.39, 0.29) is 11.9 Å². The molecule has 5 heteroatoms. The van der Waals surface area contributed by atoms with Gasteiger partial charge in [0.1, 0.15) is 5.54 Å². The third-order valence-corrected chi connectivity index (χ3v) is 6.50. The van der Waals surface area contributed by atoms with E-state index in [9.17, 15) is 10.1 Å². The van der Waals surface area contributed by atoms with Crippen molar-refractivity contribution in [1.82, 2.24) is 14.4 Å². The molecule has 1 amide bonds. The molecule has 5 nitrogen and oxygen atoms in total. The second-order valence-electron chi connectivity index (χ2n) is 8.07. The van der Waals surface area contributed by atoms with Crippen molar-refractivity contribution in [3.63, 3.8) is 0 Å². The third-order valence-electron chi connectivity index (χ3n) is 6.50. The zero-order valence-electron chi connectivity index (χ0n) is 16.6. The molecule has 1 atom stereocenters. The van der Waals surface area contributed by atoms with Gasteiger partial charge in [-0.25, -0.2) is 0 Å². The van der Waals surface area contributed by atoms with Crippen LogP contribution in [0.15, 0.2) is 48.7 Å². The fraction of sp³-hybridized carbons (Fsp3) is 0.478. The van der Waals surface area contributed by atoms with Crippen LogP contribution in [-0.2, 0) is 11.3 Å². The lowest BCUT2D eigenvalue weighted by atomic mass is 9.81. The molecule has 0 radical (unpaired) electrons. The van der Waals surface area contributed by atoms with Crippen molar-refractivity contribution in [1.29, 1.82) is 5.26 Å². The molecule has 1 fully saturated rings. The van der Waals surface area contributed by atoms with Gasteiger partial charge in [0, 0.05) is 32.0 Å². The van der Waals surface area contributed by atoms with Gasteiger partial charge in [-0.05, 0) is 30.5 Å². The van der Waals surface area contributed by atoms with E-state index in [4.69, 9.17) is 0 Å². The van der Waals surface area contributed by atoms with Crippen LogP contribution in [-0.4, -0.2) is 46.0 Å². The number of amides is 1. The van der Waals surface area contributed by atoms with E-state index in [0.717, 1.165) is 45.2 Å². The summed E-state index contributed by atoms with van der Waals surface area (Å²) in [5.41, 5.74) is 1.79. The average molecular weight is 377 g/mol. The zero-order valence-corrected chi connectivity index (χ0v) is 16.6. The van der Waals surface area contributed by atoms with Gasteiger partial charge in [-0.3, -0.25) is 9.69 Å². The largest absolute Gasteiger partial charge is 0.348 e. The quantitative estimate of drug-likeness (QED) is 0.820. The molecule has 0 bridgehead atoms. The Morgan fingerprint density at radius 1 is 1.14 bits per heavy atom. The lowest BCUT2D eigenvalue weighted by Gasteiger charge is -2.42. The van der Waals surface area contributed by atoms with Crippen molar-refractivity contribution >= 4 is 5.91 Å². The summed E-state index contributed by atoms with van der Waals surface area (Å²) in [5, 5.41) is 9.84. The average Bonchev–Trinajstić information content (AvgIpc) is 3.23. The zero-order chi connectivity index (χ0) is 19.6. The number of aromatic nitrogens is 1. The summed E-state index contributed by atoms with van der Waals surface area (Å²) in [7, 11) is 1.82. The third kappa shape index (κ3) is 3.33. The number of rotatable bonds is 4. The van der Waals surface area contributed by atoms with E-state index in [1.807, 2.05) is 13.1 Å². The first kappa shape index (κ1) is 18.8. The fourth-order valence-corrected chi connectivity index (χ4v) is 4.80. The van der Waals surface area contributed by atoms with Crippen LogP contribution >= 0.6 is 0 Å². The Balaban J connectivity index is 1.58. The number of carbonyl (C=O) groups is 1. The lowest BCUT2D eigenvalue weighted by molar-refractivity contribution is -0.136. The van der Waals surface area contributed by atoms with Crippen LogP contribution in [0.5, 0.6) is 0 Å². The number of nitrogens with zero attached hydrogens (tertiary/aromatic N) is 4. The molecule has 0 saturated heterocycles. The first-order valence-corrected chi connectivity index (χ1v) is 10.3. The maximum absolute atomic E-state index is 13.2. The standard InChI is InChI=1S/C23H28N4O/c1-25(23(18-24)12-6-3-7-13-23)21(28)17-27-16-15-26-14-8-11-20(26)22(27)19-9-4-2-5-10-19/h2,4-5,8-11,14,22H,3,6-7,12-13,15-17H2,1H3. The van der Waals surface area contributed by atoms with Gasteiger partial charge in [0.25, 0.3) is 0 Å². The van der Waals surface area contributed by atoms with Crippen molar-refractivity contribution in [3.05, 3.63) is 59.9 Å². The smallest absolute Gasteiger partial charge is 0.237 e. The van der Waals surface area contributed by atoms with Crippen LogP contribution in [0.4, 0.5) is 0 Å². The minimum absolute atomic E-state index is 0.0457. The number of nitriles is 1. The number of hydrogen-bond acceptors (Lipinski definition) is 3. The SMILES string of the molecule is CN(C(=O)CN1CCn2cccc2C1c1ccccc1)C1(C#N)CCCCC1. The van der Waals surface area contributed by atoms with Gasteiger partial charge in [0.2, 0.25) is 5.91 Å². The Morgan fingerprint density at radius 3 is 2.61 bits per heavy atom. The Kier molecular flexibility index (Phi) is 5.23. The van der Waals surface area contributed by atoms with Crippen LogP contribution in [0, 0.1) is 11.3 Å². The molecule has 4 rings (SSSR count). The van der Waals surface area contributed by atoms with Crippen molar-refractivity contribution < 1.29 is 4.79 Å². The number of fused-ring (bicyclic) bond motifs is 1. The molecule has 1 unspecified atom stereocenters. The summed E-state index contributed by atoms with van der Waals surface area (Å²) in [6.45, 7) is 2.04. The van der Waals surface area contributed by atoms with Crippen molar-refractivity contribution in [3.8, 4) is 6.07 Å². The molecule has 28 heavy (non-hydrogen) atoms. The van der Waals surface area contributed by atoms with E-state index in [0.29, 0.717) is 6.54 Å². The van der Waals surface area contributed by atoms with Crippen LogP contribution in [0.3, 0.4) is 0 Å². The van der Waals surface area contributed by atoms with E-state index in [2.05, 4.69) is 58.1 Å². The molecular formula is C23H28N4O. The van der Waals surface area contributed by atoms with Crippen molar-refractivity contribution in [2.45, 2.75) is 50.2 Å². The molecule has 1 aliphatic carbocycles. The highest BCUT2D eigenvalue weighted by molar-refractivity contribution is 5.79. The molecule has 1 saturated carbocycles. The predicted molar refractivity (Wildman–Crippen MR) is 108 cm³/mol. The van der Waals surface area contributed by atoms with Crippen LogP contribution < -0.4 is 0 Å². The maximum atomic E-state index is 13.2. The first-order chi connectivity index (χ1) is 13.6. The Bertz CT molecular complexity index is 860. The number of carbonyl (C=O) groups excluding carboxylic acids is 1. The Labute approximate surface area is 167 Å². The summed E-state index contributed by atoms with van der Waals surface area (Å²) < 4.78 is 2.28. The van der Waals surface area contributed by atoms with Crippen molar-refractivity contribution in [2.75, 3.05) is 20.1 Å². The molecule has 2 heterocycles. The van der Waals surface area contributed by atoms with Gasteiger partial charge in [0.05, 0.1) is 18.7 Å². The topological polar surface area (TPSA) is 52.3 Å². The first-order valence-electron chi connectivity index (χ1n) is 10.3. The fourth-order valence-electron chi connectivity index (χ4n) is 4.80.